The SMILES string of the molecule is Cl.O=C(CN1CCCCC1)NCC12CC3CC(CC(C3)C1)C2. The Labute approximate surface area is 141 Å². The summed E-state index contributed by atoms with van der Waals surface area (Å²) in [7, 11) is 0. The van der Waals surface area contributed by atoms with Gasteiger partial charge in [-0.1, -0.05) is 6.42 Å². The van der Waals surface area contributed by atoms with Gasteiger partial charge in [-0.25, -0.2) is 0 Å². The highest BCUT2D eigenvalue weighted by Crippen LogP contribution is 2.59. The molecule has 3 nitrogen and oxygen atoms in total. The molecule has 0 atom stereocenters. The Morgan fingerprint density at radius 1 is 0.955 bits per heavy atom. The summed E-state index contributed by atoms with van der Waals surface area (Å²) in [6, 6.07) is 0. The Morgan fingerprint density at radius 3 is 2.05 bits per heavy atom. The highest BCUT2D eigenvalue weighted by molar-refractivity contribution is 5.85. The molecular formula is C18H31ClN2O. The molecule has 5 aliphatic rings. The number of carbonyl (C=O) groups is 1. The first-order chi connectivity index (χ1) is 10.2. The van der Waals surface area contributed by atoms with Crippen LogP contribution in [0.1, 0.15) is 57.8 Å². The molecule has 4 saturated carbocycles. The minimum Gasteiger partial charge on any atom is -0.354 e. The number of likely N-dealkylation sites (tertiary alicyclic amines) is 1. The molecule has 4 bridgehead atoms. The van der Waals surface area contributed by atoms with Crippen molar-refractivity contribution in [3.05, 3.63) is 0 Å². The zero-order valence-electron chi connectivity index (χ0n) is 13.7. The highest BCUT2D eigenvalue weighted by Gasteiger charge is 2.50. The van der Waals surface area contributed by atoms with Crippen LogP contribution in [-0.2, 0) is 4.79 Å². The topological polar surface area (TPSA) is 32.3 Å². The summed E-state index contributed by atoms with van der Waals surface area (Å²) >= 11 is 0. The Hall–Kier alpha value is -0.280. The maximum Gasteiger partial charge on any atom is 0.234 e. The average molecular weight is 327 g/mol. The van der Waals surface area contributed by atoms with Gasteiger partial charge in [0.2, 0.25) is 5.91 Å². The first-order valence-corrected chi connectivity index (χ1v) is 9.20. The summed E-state index contributed by atoms with van der Waals surface area (Å²) in [5, 5.41) is 3.31. The fourth-order valence-electron chi connectivity index (χ4n) is 6.17. The van der Waals surface area contributed by atoms with Gasteiger partial charge in [0.15, 0.2) is 0 Å². The Morgan fingerprint density at radius 2 is 1.50 bits per heavy atom. The van der Waals surface area contributed by atoms with E-state index < -0.39 is 0 Å². The average Bonchev–Trinajstić information content (AvgIpc) is 2.45. The zero-order valence-corrected chi connectivity index (χ0v) is 14.5. The molecule has 1 amide bonds. The van der Waals surface area contributed by atoms with Crippen LogP contribution < -0.4 is 5.32 Å². The van der Waals surface area contributed by atoms with Crippen LogP contribution in [0, 0.1) is 23.2 Å². The maximum atomic E-state index is 12.3. The standard InChI is InChI=1S/C18H30N2O.ClH/c21-17(12-20-4-2-1-3-5-20)19-13-18-9-14-6-15(10-18)8-16(7-14)11-18;/h14-16H,1-13H2,(H,19,21);1H. The minimum absolute atomic E-state index is 0. The van der Waals surface area contributed by atoms with E-state index in [9.17, 15) is 4.79 Å². The number of piperidine rings is 1. The molecule has 0 aromatic heterocycles. The van der Waals surface area contributed by atoms with Crippen molar-refractivity contribution >= 4 is 18.3 Å². The van der Waals surface area contributed by atoms with Crippen molar-refractivity contribution in [2.75, 3.05) is 26.2 Å². The molecule has 0 aromatic carbocycles. The maximum absolute atomic E-state index is 12.3. The quantitative estimate of drug-likeness (QED) is 0.860. The van der Waals surface area contributed by atoms with Crippen LogP contribution in [0.5, 0.6) is 0 Å². The number of carbonyl (C=O) groups excluding carboxylic acids is 1. The van der Waals surface area contributed by atoms with Gasteiger partial charge in [-0.3, -0.25) is 9.69 Å². The Bertz CT molecular complexity index is 371. The normalized spacial score (nSPS) is 40.3. The van der Waals surface area contributed by atoms with Crippen LogP contribution in [0.25, 0.3) is 0 Å². The van der Waals surface area contributed by atoms with Crippen molar-refractivity contribution in [1.82, 2.24) is 10.2 Å². The predicted molar refractivity (Wildman–Crippen MR) is 91.2 cm³/mol. The fourth-order valence-corrected chi connectivity index (χ4v) is 6.17. The van der Waals surface area contributed by atoms with Crippen molar-refractivity contribution in [3.8, 4) is 0 Å². The Balaban J connectivity index is 0.00000144. The lowest BCUT2D eigenvalue weighted by Gasteiger charge is -2.56. The van der Waals surface area contributed by atoms with Crippen LogP contribution in [0.3, 0.4) is 0 Å². The van der Waals surface area contributed by atoms with Crippen LogP contribution in [0.4, 0.5) is 0 Å². The van der Waals surface area contributed by atoms with Crippen molar-refractivity contribution in [3.63, 3.8) is 0 Å². The summed E-state index contributed by atoms with van der Waals surface area (Å²) in [6.45, 7) is 3.82. The van der Waals surface area contributed by atoms with Crippen LogP contribution in [-0.4, -0.2) is 37.0 Å². The molecule has 0 spiro atoms. The van der Waals surface area contributed by atoms with Crippen LogP contribution >= 0.6 is 12.4 Å². The van der Waals surface area contributed by atoms with Crippen molar-refractivity contribution in [2.24, 2.45) is 23.2 Å². The van der Waals surface area contributed by atoms with Crippen LogP contribution in [0.2, 0.25) is 0 Å². The van der Waals surface area contributed by atoms with Crippen molar-refractivity contribution in [1.29, 1.82) is 0 Å². The Kier molecular flexibility index (Phi) is 5.04. The van der Waals surface area contributed by atoms with Crippen molar-refractivity contribution < 1.29 is 4.79 Å². The number of hydrogen-bond acceptors (Lipinski definition) is 2. The smallest absolute Gasteiger partial charge is 0.234 e. The second-order valence-corrected chi connectivity index (χ2v) is 8.53. The van der Waals surface area contributed by atoms with Crippen molar-refractivity contribution in [2.45, 2.75) is 57.8 Å². The first-order valence-electron chi connectivity index (χ1n) is 9.20. The number of rotatable bonds is 4. The lowest BCUT2D eigenvalue weighted by molar-refractivity contribution is -0.124. The molecule has 1 aliphatic heterocycles. The van der Waals surface area contributed by atoms with E-state index in [1.165, 1.54) is 57.8 Å². The van der Waals surface area contributed by atoms with Gasteiger partial charge < -0.3 is 5.32 Å². The summed E-state index contributed by atoms with van der Waals surface area (Å²) in [6.07, 6.45) is 12.5. The van der Waals surface area contributed by atoms with Crippen LogP contribution in [0.15, 0.2) is 0 Å². The minimum atomic E-state index is 0. The number of nitrogens with zero attached hydrogens (tertiary/aromatic N) is 1. The summed E-state index contributed by atoms with van der Waals surface area (Å²) in [5.74, 6) is 3.22. The van der Waals surface area contributed by atoms with E-state index in [0.29, 0.717) is 12.0 Å². The zero-order chi connectivity index (χ0) is 14.3. The van der Waals surface area contributed by atoms with Gasteiger partial charge in [-0.2, -0.15) is 0 Å². The molecule has 22 heavy (non-hydrogen) atoms. The van der Waals surface area contributed by atoms with Gasteiger partial charge in [0.05, 0.1) is 6.54 Å². The molecule has 0 aromatic rings. The second-order valence-electron chi connectivity index (χ2n) is 8.53. The molecule has 126 valence electrons. The number of hydrogen-bond donors (Lipinski definition) is 1. The molecule has 4 aliphatic carbocycles. The van der Waals surface area contributed by atoms with E-state index in [1.807, 2.05) is 0 Å². The first kappa shape index (κ1) is 16.6. The third kappa shape index (κ3) is 3.46. The fraction of sp³-hybridized carbons (Fsp3) is 0.944. The summed E-state index contributed by atoms with van der Waals surface area (Å²) in [5.41, 5.74) is 0.478. The van der Waals surface area contributed by atoms with Gasteiger partial charge in [-0.05, 0) is 87.6 Å². The van der Waals surface area contributed by atoms with E-state index in [2.05, 4.69) is 10.2 Å². The van der Waals surface area contributed by atoms with E-state index in [1.54, 1.807) is 0 Å². The lowest BCUT2D eigenvalue weighted by atomic mass is 9.49. The molecule has 5 fully saturated rings. The largest absolute Gasteiger partial charge is 0.354 e. The summed E-state index contributed by atoms with van der Waals surface area (Å²) in [4.78, 5) is 14.6. The second kappa shape index (κ2) is 6.68. The van der Waals surface area contributed by atoms with E-state index in [0.717, 1.165) is 37.4 Å². The van der Waals surface area contributed by atoms with E-state index >= 15 is 0 Å². The molecule has 1 saturated heterocycles. The van der Waals surface area contributed by atoms with Gasteiger partial charge in [0.1, 0.15) is 0 Å². The molecule has 5 rings (SSSR count). The van der Waals surface area contributed by atoms with Gasteiger partial charge in [0.25, 0.3) is 0 Å². The molecule has 0 radical (unpaired) electrons. The highest BCUT2D eigenvalue weighted by atomic mass is 35.5. The monoisotopic (exact) mass is 326 g/mol. The number of amides is 1. The van der Waals surface area contributed by atoms with Gasteiger partial charge >= 0.3 is 0 Å². The van der Waals surface area contributed by atoms with E-state index in [4.69, 9.17) is 0 Å². The molecule has 4 heteroatoms. The number of halogens is 1. The van der Waals surface area contributed by atoms with Gasteiger partial charge in [-0.15, -0.1) is 12.4 Å². The lowest BCUT2D eigenvalue weighted by Crippen LogP contribution is -2.52. The number of nitrogens with one attached hydrogen (secondary N) is 1. The molecule has 0 unspecified atom stereocenters. The summed E-state index contributed by atoms with van der Waals surface area (Å²) < 4.78 is 0. The van der Waals surface area contributed by atoms with E-state index in [-0.39, 0.29) is 18.3 Å². The molecule has 1 heterocycles. The molecular weight excluding hydrogens is 296 g/mol. The van der Waals surface area contributed by atoms with Gasteiger partial charge in [0, 0.05) is 6.54 Å². The molecule has 1 N–H and O–H groups in total. The predicted octanol–water partition coefficient (Wildman–Crippen LogP) is 3.23. The third-order valence-corrected chi connectivity index (χ3v) is 6.64. The third-order valence-electron chi connectivity index (χ3n) is 6.64.